The van der Waals surface area contributed by atoms with Gasteiger partial charge >= 0.3 is 0 Å². The Morgan fingerprint density at radius 1 is 1.02 bits per heavy atom. The molecule has 250 valence electrons. The van der Waals surface area contributed by atoms with Crippen molar-refractivity contribution in [3.05, 3.63) is 11.6 Å². The summed E-state index contributed by atoms with van der Waals surface area (Å²) in [4.78, 5) is 13.5. The van der Waals surface area contributed by atoms with Gasteiger partial charge in [-0.2, -0.15) is 0 Å². The van der Waals surface area contributed by atoms with Crippen molar-refractivity contribution in [3.63, 3.8) is 0 Å². The van der Waals surface area contributed by atoms with E-state index in [-0.39, 0.29) is 41.7 Å². The van der Waals surface area contributed by atoms with Crippen LogP contribution in [0.5, 0.6) is 0 Å². The van der Waals surface area contributed by atoms with Crippen molar-refractivity contribution >= 4 is 5.78 Å². The maximum absolute atomic E-state index is 13.5. The molecule has 0 radical (unpaired) electrons. The van der Waals surface area contributed by atoms with Crippen molar-refractivity contribution in [2.75, 3.05) is 13.2 Å². The van der Waals surface area contributed by atoms with E-state index in [1.165, 1.54) is 0 Å². The molecule has 2 heterocycles. The maximum Gasteiger partial charge on any atom is 0.159 e. The Hall–Kier alpha value is -0.910. The zero-order chi connectivity index (χ0) is 32.1. The van der Waals surface area contributed by atoms with Crippen LogP contribution in [0, 0.1) is 39.9 Å². The van der Waals surface area contributed by atoms with E-state index in [0.29, 0.717) is 44.4 Å². The minimum atomic E-state index is -1.38. The number of nitrogens with two attached hydrogens (primary N) is 1. The fourth-order valence-electron chi connectivity index (χ4n) is 11.1. The van der Waals surface area contributed by atoms with E-state index in [1.807, 2.05) is 6.92 Å². The van der Waals surface area contributed by atoms with Gasteiger partial charge < -0.3 is 41.3 Å². The molecule has 9 heteroatoms. The molecule has 6 aliphatic rings. The van der Waals surface area contributed by atoms with E-state index in [1.54, 1.807) is 19.9 Å². The Balaban J connectivity index is 1.21. The van der Waals surface area contributed by atoms with E-state index in [2.05, 4.69) is 19.2 Å². The van der Waals surface area contributed by atoms with E-state index >= 15 is 0 Å². The summed E-state index contributed by atoms with van der Waals surface area (Å²) < 4.78 is 6.18. The Labute approximate surface area is 263 Å². The lowest BCUT2D eigenvalue weighted by Crippen LogP contribution is -2.61. The molecule has 4 aliphatic carbocycles. The van der Waals surface area contributed by atoms with Crippen molar-refractivity contribution < 1.29 is 35.1 Å². The summed E-state index contributed by atoms with van der Waals surface area (Å²) in [6.07, 6.45) is 7.80. The van der Waals surface area contributed by atoms with Crippen molar-refractivity contribution in [2.45, 2.75) is 147 Å². The highest BCUT2D eigenvalue weighted by atomic mass is 16.6. The molecule has 0 aromatic carbocycles. The standard InChI is InChI=1S/C35H58N2O7/c1-30(19-38,11-6-20-10-15-37-27(36)16-20)34(5,42)29-28(44-29)33(4,41)26-9-14-35(43)23-18-25(40)24-17-21(39)7-12-31(24,2)22(23)8-13-32(26,35)3/h18,20-22,24,26-29,37-39,41-43H,6-17,19,36H2,1-5H3. The number of ether oxygens (including phenoxy) is 1. The highest BCUT2D eigenvalue weighted by molar-refractivity contribution is 5.95. The molecule has 44 heavy (non-hydrogen) atoms. The lowest BCUT2D eigenvalue weighted by molar-refractivity contribution is -0.152. The minimum absolute atomic E-state index is 0.0155. The van der Waals surface area contributed by atoms with Gasteiger partial charge in [0.25, 0.3) is 0 Å². The van der Waals surface area contributed by atoms with Crippen molar-refractivity contribution in [2.24, 2.45) is 45.7 Å². The molecule has 0 spiro atoms. The van der Waals surface area contributed by atoms with Crippen molar-refractivity contribution in [1.82, 2.24) is 5.32 Å². The van der Waals surface area contributed by atoms with Crippen LogP contribution in [0.3, 0.4) is 0 Å². The highest BCUT2D eigenvalue weighted by Crippen LogP contribution is 2.69. The number of piperidine rings is 1. The third-order valence-electron chi connectivity index (χ3n) is 14.6. The van der Waals surface area contributed by atoms with Gasteiger partial charge in [-0.3, -0.25) is 4.79 Å². The van der Waals surface area contributed by atoms with Gasteiger partial charge in [-0.05, 0) is 126 Å². The van der Waals surface area contributed by atoms with Crippen LogP contribution < -0.4 is 11.1 Å². The molecule has 0 aromatic rings. The zero-order valence-electron chi connectivity index (χ0n) is 27.5. The van der Waals surface area contributed by atoms with Gasteiger partial charge in [-0.1, -0.05) is 20.8 Å². The van der Waals surface area contributed by atoms with Crippen molar-refractivity contribution in [1.29, 1.82) is 0 Å². The summed E-state index contributed by atoms with van der Waals surface area (Å²) in [7, 11) is 0. The SMILES string of the molecule is CC(O)(C1OC1C(C)(O)C(C)(CO)CCC1CCNC(N)C1)C1CCC2(O)C3=CC(=O)C4CC(O)CCC4(C)C3CCC12C. The number of hydrogen-bond acceptors (Lipinski definition) is 9. The minimum Gasteiger partial charge on any atom is -0.396 e. The number of rotatable bonds is 8. The molecule has 0 amide bonds. The second kappa shape index (κ2) is 10.8. The molecule has 0 bridgehead atoms. The predicted molar refractivity (Wildman–Crippen MR) is 166 cm³/mol. The lowest BCUT2D eigenvalue weighted by atomic mass is 9.46. The van der Waals surface area contributed by atoms with Gasteiger partial charge in [-0.15, -0.1) is 0 Å². The molecule has 6 rings (SSSR count). The highest BCUT2D eigenvalue weighted by Gasteiger charge is 2.73. The molecule has 2 aliphatic heterocycles. The second-order valence-corrected chi connectivity index (χ2v) is 17.0. The predicted octanol–water partition coefficient (Wildman–Crippen LogP) is 2.55. The quantitative estimate of drug-likeness (QED) is 0.202. The number of allylic oxidation sites excluding steroid dienone is 1. The smallest absolute Gasteiger partial charge is 0.159 e. The number of ketones is 1. The molecule has 5 fully saturated rings. The van der Waals surface area contributed by atoms with Crippen molar-refractivity contribution in [3.8, 4) is 0 Å². The molecule has 14 unspecified atom stereocenters. The average molecular weight is 619 g/mol. The number of nitrogens with one attached hydrogen (secondary N) is 1. The first-order chi connectivity index (χ1) is 20.4. The fraction of sp³-hybridized carbons (Fsp3) is 0.914. The van der Waals surface area contributed by atoms with Gasteiger partial charge in [-0.25, -0.2) is 0 Å². The average Bonchev–Trinajstić information content (AvgIpc) is 3.73. The first kappa shape index (κ1) is 33.0. The number of fused-ring (bicyclic) bond motifs is 5. The lowest BCUT2D eigenvalue weighted by Gasteiger charge is -2.60. The first-order valence-electron chi connectivity index (χ1n) is 17.3. The molecule has 3 saturated carbocycles. The summed E-state index contributed by atoms with van der Waals surface area (Å²) >= 11 is 0. The summed E-state index contributed by atoms with van der Waals surface area (Å²) in [5, 5.41) is 61.0. The van der Waals surface area contributed by atoms with E-state index < -0.39 is 45.9 Å². The van der Waals surface area contributed by atoms with Crippen LogP contribution in [0.4, 0.5) is 0 Å². The number of aliphatic hydroxyl groups is 5. The van der Waals surface area contributed by atoms with Crippen LogP contribution in [0.2, 0.25) is 0 Å². The van der Waals surface area contributed by atoms with Crippen LogP contribution >= 0.6 is 0 Å². The first-order valence-corrected chi connectivity index (χ1v) is 17.3. The summed E-state index contributed by atoms with van der Waals surface area (Å²) in [5.41, 5.74) is 1.22. The number of aliphatic hydroxyl groups excluding tert-OH is 2. The summed E-state index contributed by atoms with van der Waals surface area (Å²) in [6.45, 7) is 10.3. The topological polar surface area (TPSA) is 169 Å². The number of carbonyl (C=O) groups is 1. The Bertz CT molecular complexity index is 1170. The van der Waals surface area contributed by atoms with Crippen LogP contribution in [0.15, 0.2) is 11.6 Å². The molecule has 2 saturated heterocycles. The molecule has 14 atom stereocenters. The third-order valence-corrected chi connectivity index (χ3v) is 14.6. The number of epoxide rings is 1. The fourth-order valence-corrected chi connectivity index (χ4v) is 11.1. The van der Waals surface area contributed by atoms with Gasteiger partial charge in [0.15, 0.2) is 5.78 Å². The number of carbonyl (C=O) groups excluding carboxylic acids is 1. The van der Waals surface area contributed by atoms with Gasteiger partial charge in [0.2, 0.25) is 0 Å². The number of hydrogen-bond donors (Lipinski definition) is 7. The van der Waals surface area contributed by atoms with Gasteiger partial charge in [0.05, 0.1) is 35.7 Å². The van der Waals surface area contributed by atoms with E-state index in [4.69, 9.17) is 10.5 Å². The molecular weight excluding hydrogens is 560 g/mol. The Kier molecular flexibility index (Phi) is 8.11. The van der Waals surface area contributed by atoms with Crippen LogP contribution in [0.1, 0.15) is 105 Å². The molecule has 0 aromatic heterocycles. The zero-order valence-corrected chi connectivity index (χ0v) is 27.5. The normalized spacial score (nSPS) is 49.4. The molecular formula is C35H58N2O7. The van der Waals surface area contributed by atoms with Gasteiger partial charge in [0, 0.05) is 16.7 Å². The van der Waals surface area contributed by atoms with Crippen LogP contribution in [-0.2, 0) is 9.53 Å². The second-order valence-electron chi connectivity index (χ2n) is 17.0. The van der Waals surface area contributed by atoms with E-state index in [0.717, 1.165) is 44.2 Å². The monoisotopic (exact) mass is 618 g/mol. The van der Waals surface area contributed by atoms with Crippen LogP contribution in [-0.4, -0.2) is 85.7 Å². The van der Waals surface area contributed by atoms with Crippen LogP contribution in [0.25, 0.3) is 0 Å². The third kappa shape index (κ3) is 4.74. The summed E-state index contributed by atoms with van der Waals surface area (Å²) in [6, 6.07) is 0. The molecule has 8 N–H and O–H groups in total. The molecule has 9 nitrogen and oxygen atoms in total. The largest absolute Gasteiger partial charge is 0.396 e. The van der Waals surface area contributed by atoms with E-state index in [9.17, 15) is 30.3 Å². The van der Waals surface area contributed by atoms with Gasteiger partial charge in [0.1, 0.15) is 12.2 Å². The Morgan fingerprint density at radius 2 is 1.75 bits per heavy atom. The summed E-state index contributed by atoms with van der Waals surface area (Å²) in [5.74, 6) is -0.0106. The maximum atomic E-state index is 13.5. The Morgan fingerprint density at radius 3 is 2.43 bits per heavy atom.